The molecule has 0 aromatic heterocycles. The lowest BCUT2D eigenvalue weighted by atomic mass is 10.0. The average Bonchev–Trinajstić information content (AvgIpc) is 2.23. The third kappa shape index (κ3) is 3.58. The fourth-order valence-electron chi connectivity index (χ4n) is 2.19. The van der Waals surface area contributed by atoms with Crippen LogP contribution in [-0.4, -0.2) is 5.91 Å². The number of anilines is 1. The fraction of sp³-hybridized carbons (Fsp3) is 0.533. The van der Waals surface area contributed by atoms with E-state index in [2.05, 4.69) is 31.3 Å². The Labute approximate surface area is 104 Å². The highest BCUT2D eigenvalue weighted by atomic mass is 16.1. The van der Waals surface area contributed by atoms with Gasteiger partial charge in [0, 0.05) is 11.6 Å². The van der Waals surface area contributed by atoms with Crippen molar-refractivity contribution in [1.82, 2.24) is 0 Å². The molecule has 0 aliphatic carbocycles. The highest BCUT2D eigenvalue weighted by Gasteiger charge is 2.14. The van der Waals surface area contributed by atoms with E-state index in [1.54, 1.807) is 0 Å². The molecule has 2 heteroatoms. The van der Waals surface area contributed by atoms with Crippen LogP contribution in [0.1, 0.15) is 43.4 Å². The Bertz CT molecular complexity index is 386. The second kappa shape index (κ2) is 5.85. The first-order valence-corrected chi connectivity index (χ1v) is 6.34. The molecule has 1 atom stereocenters. The lowest BCUT2D eigenvalue weighted by Crippen LogP contribution is -2.21. The van der Waals surface area contributed by atoms with Crippen molar-refractivity contribution in [2.45, 2.75) is 47.5 Å². The molecule has 1 aromatic carbocycles. The van der Waals surface area contributed by atoms with Crippen molar-refractivity contribution in [2.24, 2.45) is 5.92 Å². The second-order valence-corrected chi connectivity index (χ2v) is 4.95. The first-order valence-electron chi connectivity index (χ1n) is 6.34. The molecule has 1 rings (SSSR count). The van der Waals surface area contributed by atoms with Gasteiger partial charge < -0.3 is 5.32 Å². The summed E-state index contributed by atoms with van der Waals surface area (Å²) in [5.74, 6) is 0.210. The molecule has 94 valence electrons. The van der Waals surface area contributed by atoms with Gasteiger partial charge in [0.2, 0.25) is 5.91 Å². The number of nitrogens with one attached hydrogen (secondary N) is 1. The molecule has 17 heavy (non-hydrogen) atoms. The van der Waals surface area contributed by atoms with E-state index in [4.69, 9.17) is 0 Å². The van der Waals surface area contributed by atoms with Gasteiger partial charge in [-0.1, -0.05) is 38.0 Å². The van der Waals surface area contributed by atoms with Gasteiger partial charge in [0.1, 0.15) is 0 Å². The number of rotatable bonds is 4. The minimum absolute atomic E-state index is 0.0834. The quantitative estimate of drug-likeness (QED) is 0.837. The molecule has 1 amide bonds. The van der Waals surface area contributed by atoms with Gasteiger partial charge in [-0.15, -0.1) is 0 Å². The van der Waals surface area contributed by atoms with Crippen LogP contribution >= 0.6 is 0 Å². The van der Waals surface area contributed by atoms with Crippen LogP contribution in [0.25, 0.3) is 0 Å². The summed E-state index contributed by atoms with van der Waals surface area (Å²) in [5.41, 5.74) is 4.49. The molecule has 0 aliphatic rings. The summed E-state index contributed by atoms with van der Waals surface area (Å²) >= 11 is 0. The summed E-state index contributed by atoms with van der Waals surface area (Å²) in [4.78, 5) is 12.0. The molecule has 0 fully saturated rings. The summed E-state index contributed by atoms with van der Waals surface area (Å²) in [5, 5.41) is 3.05. The number of carbonyl (C=O) groups excluding carboxylic acids is 1. The molecular weight excluding hydrogens is 210 g/mol. The highest BCUT2D eigenvalue weighted by molar-refractivity contribution is 5.93. The van der Waals surface area contributed by atoms with Crippen LogP contribution in [-0.2, 0) is 4.79 Å². The highest BCUT2D eigenvalue weighted by Crippen LogP contribution is 2.23. The lowest BCUT2D eigenvalue weighted by Gasteiger charge is -2.15. The topological polar surface area (TPSA) is 29.1 Å². The Balaban J connectivity index is 2.85. The van der Waals surface area contributed by atoms with Gasteiger partial charge in [-0.3, -0.25) is 4.79 Å². The van der Waals surface area contributed by atoms with Crippen LogP contribution in [0, 0.1) is 26.7 Å². The molecule has 0 saturated heterocycles. The Morgan fingerprint density at radius 1 is 1.24 bits per heavy atom. The van der Waals surface area contributed by atoms with Crippen LogP contribution in [0.15, 0.2) is 12.1 Å². The molecule has 1 N–H and O–H groups in total. The summed E-state index contributed by atoms with van der Waals surface area (Å²) in [6.45, 7) is 10.2. The van der Waals surface area contributed by atoms with Crippen molar-refractivity contribution in [3.63, 3.8) is 0 Å². The van der Waals surface area contributed by atoms with E-state index in [0.717, 1.165) is 29.7 Å². The van der Waals surface area contributed by atoms with Gasteiger partial charge in [0.05, 0.1) is 0 Å². The predicted molar refractivity (Wildman–Crippen MR) is 73.4 cm³/mol. The summed E-state index contributed by atoms with van der Waals surface area (Å²) < 4.78 is 0. The van der Waals surface area contributed by atoms with Crippen LogP contribution in [0.3, 0.4) is 0 Å². The van der Waals surface area contributed by atoms with Crippen LogP contribution in [0.4, 0.5) is 5.69 Å². The van der Waals surface area contributed by atoms with Crippen LogP contribution < -0.4 is 5.32 Å². The largest absolute Gasteiger partial charge is 0.325 e. The Morgan fingerprint density at radius 3 is 2.24 bits per heavy atom. The average molecular weight is 233 g/mol. The van der Waals surface area contributed by atoms with Gasteiger partial charge in [-0.2, -0.15) is 0 Å². The molecule has 1 unspecified atom stereocenters. The van der Waals surface area contributed by atoms with E-state index >= 15 is 0 Å². The lowest BCUT2D eigenvalue weighted by molar-refractivity contribution is -0.119. The summed E-state index contributed by atoms with van der Waals surface area (Å²) in [6.07, 6.45) is 1.98. The third-order valence-corrected chi connectivity index (χ3v) is 3.09. The molecule has 0 aliphatic heterocycles. The Hall–Kier alpha value is -1.31. The molecule has 0 saturated carbocycles. The summed E-state index contributed by atoms with van der Waals surface area (Å²) in [6, 6.07) is 4.21. The monoisotopic (exact) mass is 233 g/mol. The first-order chi connectivity index (χ1) is 7.95. The van der Waals surface area contributed by atoms with Crippen molar-refractivity contribution in [3.8, 4) is 0 Å². The van der Waals surface area contributed by atoms with Crippen molar-refractivity contribution in [1.29, 1.82) is 0 Å². The van der Waals surface area contributed by atoms with E-state index in [1.165, 1.54) is 5.56 Å². The first kappa shape index (κ1) is 13.8. The smallest absolute Gasteiger partial charge is 0.227 e. The fourth-order valence-corrected chi connectivity index (χ4v) is 2.19. The van der Waals surface area contributed by atoms with E-state index in [0.29, 0.717) is 0 Å². The maximum atomic E-state index is 12.0. The van der Waals surface area contributed by atoms with Gasteiger partial charge in [-0.25, -0.2) is 0 Å². The standard InChI is InChI=1S/C15H23NO/c1-6-7-11(3)15(17)16-14-12(4)8-10(2)9-13(14)5/h8-9,11H,6-7H2,1-5H3,(H,16,17). The molecule has 2 nitrogen and oxygen atoms in total. The Morgan fingerprint density at radius 2 is 1.76 bits per heavy atom. The second-order valence-electron chi connectivity index (χ2n) is 4.95. The van der Waals surface area contributed by atoms with Crippen LogP contribution in [0.2, 0.25) is 0 Å². The number of benzene rings is 1. The zero-order chi connectivity index (χ0) is 13.0. The van der Waals surface area contributed by atoms with Gasteiger partial charge in [0.25, 0.3) is 0 Å². The SMILES string of the molecule is CCCC(C)C(=O)Nc1c(C)cc(C)cc1C. The molecule has 1 aromatic rings. The maximum Gasteiger partial charge on any atom is 0.227 e. The van der Waals surface area contributed by atoms with E-state index in [1.807, 2.05) is 20.8 Å². The van der Waals surface area contributed by atoms with E-state index in [9.17, 15) is 4.79 Å². The minimum Gasteiger partial charge on any atom is -0.325 e. The molecule has 0 heterocycles. The molecule has 0 radical (unpaired) electrons. The molecule has 0 spiro atoms. The summed E-state index contributed by atoms with van der Waals surface area (Å²) in [7, 11) is 0. The number of carbonyl (C=O) groups is 1. The van der Waals surface area contributed by atoms with Crippen molar-refractivity contribution < 1.29 is 4.79 Å². The number of hydrogen-bond acceptors (Lipinski definition) is 1. The van der Waals surface area contributed by atoms with Crippen molar-refractivity contribution >= 4 is 11.6 Å². The van der Waals surface area contributed by atoms with Crippen LogP contribution in [0.5, 0.6) is 0 Å². The van der Waals surface area contributed by atoms with E-state index < -0.39 is 0 Å². The van der Waals surface area contributed by atoms with Gasteiger partial charge in [0.15, 0.2) is 0 Å². The minimum atomic E-state index is 0.0834. The van der Waals surface area contributed by atoms with Crippen molar-refractivity contribution in [3.05, 3.63) is 28.8 Å². The Kier molecular flexibility index (Phi) is 4.73. The van der Waals surface area contributed by atoms with E-state index in [-0.39, 0.29) is 11.8 Å². The third-order valence-electron chi connectivity index (χ3n) is 3.09. The zero-order valence-electron chi connectivity index (χ0n) is 11.6. The van der Waals surface area contributed by atoms with Crippen molar-refractivity contribution in [2.75, 3.05) is 5.32 Å². The number of amides is 1. The van der Waals surface area contributed by atoms with Gasteiger partial charge in [-0.05, 0) is 38.3 Å². The number of hydrogen-bond donors (Lipinski definition) is 1. The number of aryl methyl sites for hydroxylation is 3. The maximum absolute atomic E-state index is 12.0. The van der Waals surface area contributed by atoms with Gasteiger partial charge >= 0.3 is 0 Å². The zero-order valence-corrected chi connectivity index (χ0v) is 11.6. The predicted octanol–water partition coefficient (Wildman–Crippen LogP) is 3.99. The normalized spacial score (nSPS) is 12.3. The molecule has 0 bridgehead atoms. The molecular formula is C15H23NO.